The minimum atomic E-state index is 0.362. The number of hydrogen-bond donors (Lipinski definition) is 1. The fourth-order valence-electron chi connectivity index (χ4n) is 1.24. The summed E-state index contributed by atoms with van der Waals surface area (Å²) in [5.41, 5.74) is 5.74. The van der Waals surface area contributed by atoms with E-state index < -0.39 is 0 Å². The Balaban J connectivity index is 2.77. The van der Waals surface area contributed by atoms with Gasteiger partial charge in [0.1, 0.15) is 0 Å². The maximum atomic E-state index is 5.74. The number of likely N-dealkylation sites (N-methyl/N-ethyl adjacent to an activating group) is 1. The van der Waals surface area contributed by atoms with E-state index in [1.54, 1.807) is 11.3 Å². The van der Waals surface area contributed by atoms with Crippen LogP contribution >= 0.6 is 27.3 Å². The van der Waals surface area contributed by atoms with Gasteiger partial charge in [-0.25, -0.2) is 0 Å². The summed E-state index contributed by atoms with van der Waals surface area (Å²) in [5, 5.41) is 0. The van der Waals surface area contributed by atoms with Gasteiger partial charge in [0.15, 0.2) is 0 Å². The Labute approximate surface area is 91.9 Å². The van der Waals surface area contributed by atoms with Gasteiger partial charge in [-0.2, -0.15) is 0 Å². The van der Waals surface area contributed by atoms with Gasteiger partial charge in [0.2, 0.25) is 0 Å². The van der Waals surface area contributed by atoms with Crippen LogP contribution in [-0.2, 0) is 0 Å². The molecule has 2 N–H and O–H groups in total. The molecule has 0 radical (unpaired) electrons. The lowest BCUT2D eigenvalue weighted by molar-refractivity contribution is 0.267. The second-order valence-electron chi connectivity index (χ2n) is 2.97. The third kappa shape index (κ3) is 2.77. The van der Waals surface area contributed by atoms with E-state index in [1.165, 1.54) is 8.66 Å². The number of hydrogen-bond acceptors (Lipinski definition) is 3. The topological polar surface area (TPSA) is 29.3 Å². The van der Waals surface area contributed by atoms with Crippen LogP contribution in [0.1, 0.15) is 17.8 Å². The molecule has 0 amide bonds. The van der Waals surface area contributed by atoms with Crippen LogP contribution in [0.2, 0.25) is 0 Å². The maximum absolute atomic E-state index is 5.74. The SMILES string of the molecule is CCN(C)C(CN)c1ccc(Br)s1. The van der Waals surface area contributed by atoms with Crippen molar-refractivity contribution >= 4 is 27.3 Å². The number of thiophene rings is 1. The minimum Gasteiger partial charge on any atom is -0.329 e. The van der Waals surface area contributed by atoms with Crippen LogP contribution < -0.4 is 5.73 Å². The molecule has 1 atom stereocenters. The summed E-state index contributed by atoms with van der Waals surface area (Å²) in [6, 6.07) is 4.58. The molecule has 1 unspecified atom stereocenters. The lowest BCUT2D eigenvalue weighted by atomic mass is 10.2. The van der Waals surface area contributed by atoms with Gasteiger partial charge in [-0.05, 0) is 41.7 Å². The first-order chi connectivity index (χ1) is 6.19. The van der Waals surface area contributed by atoms with E-state index >= 15 is 0 Å². The van der Waals surface area contributed by atoms with E-state index in [0.717, 1.165) is 6.54 Å². The largest absolute Gasteiger partial charge is 0.329 e. The Morgan fingerprint density at radius 2 is 2.31 bits per heavy atom. The van der Waals surface area contributed by atoms with Crippen LogP contribution in [-0.4, -0.2) is 25.0 Å². The summed E-state index contributed by atoms with van der Waals surface area (Å²) in [7, 11) is 2.10. The molecule has 0 aromatic carbocycles. The Morgan fingerprint density at radius 3 is 2.69 bits per heavy atom. The van der Waals surface area contributed by atoms with Crippen LogP contribution in [0.3, 0.4) is 0 Å². The number of nitrogens with zero attached hydrogens (tertiary/aromatic N) is 1. The third-order valence-electron chi connectivity index (χ3n) is 2.18. The smallest absolute Gasteiger partial charge is 0.0702 e. The summed E-state index contributed by atoms with van der Waals surface area (Å²) in [4.78, 5) is 3.59. The molecule has 74 valence electrons. The molecule has 0 saturated heterocycles. The summed E-state index contributed by atoms with van der Waals surface area (Å²) in [5.74, 6) is 0. The van der Waals surface area contributed by atoms with Crippen LogP contribution in [0.15, 0.2) is 15.9 Å². The highest BCUT2D eigenvalue weighted by molar-refractivity contribution is 9.11. The fraction of sp³-hybridized carbons (Fsp3) is 0.556. The lowest BCUT2D eigenvalue weighted by Gasteiger charge is -2.24. The van der Waals surface area contributed by atoms with Crippen LogP contribution in [0.25, 0.3) is 0 Å². The van der Waals surface area contributed by atoms with Crippen molar-refractivity contribution in [2.45, 2.75) is 13.0 Å². The highest BCUT2D eigenvalue weighted by Gasteiger charge is 2.15. The molecule has 1 heterocycles. The summed E-state index contributed by atoms with van der Waals surface area (Å²) < 4.78 is 1.17. The predicted octanol–water partition coefficient (Wildman–Crippen LogP) is 2.46. The molecule has 0 saturated carbocycles. The second-order valence-corrected chi connectivity index (χ2v) is 5.46. The zero-order valence-corrected chi connectivity index (χ0v) is 10.4. The molecular formula is C9H15BrN2S. The van der Waals surface area contributed by atoms with Crippen molar-refractivity contribution in [3.8, 4) is 0 Å². The molecule has 0 aliphatic carbocycles. The molecule has 1 aromatic heterocycles. The molecule has 1 rings (SSSR count). The molecule has 0 aliphatic heterocycles. The van der Waals surface area contributed by atoms with Gasteiger partial charge in [0.05, 0.1) is 9.83 Å². The van der Waals surface area contributed by atoms with Crippen LogP contribution in [0.5, 0.6) is 0 Å². The highest BCUT2D eigenvalue weighted by Crippen LogP contribution is 2.29. The Hall–Kier alpha value is 0.1000. The second kappa shape index (κ2) is 5.10. The van der Waals surface area contributed by atoms with E-state index in [2.05, 4.69) is 46.9 Å². The Morgan fingerprint density at radius 1 is 1.62 bits per heavy atom. The van der Waals surface area contributed by atoms with Crippen LogP contribution in [0.4, 0.5) is 0 Å². The zero-order chi connectivity index (χ0) is 9.84. The van der Waals surface area contributed by atoms with Gasteiger partial charge >= 0.3 is 0 Å². The van der Waals surface area contributed by atoms with E-state index in [4.69, 9.17) is 5.73 Å². The van der Waals surface area contributed by atoms with Crippen molar-refractivity contribution in [3.63, 3.8) is 0 Å². The van der Waals surface area contributed by atoms with Gasteiger partial charge in [0, 0.05) is 11.4 Å². The number of halogens is 1. The minimum absolute atomic E-state index is 0.362. The van der Waals surface area contributed by atoms with E-state index in [-0.39, 0.29) is 0 Å². The quantitative estimate of drug-likeness (QED) is 0.904. The zero-order valence-electron chi connectivity index (χ0n) is 7.96. The summed E-state index contributed by atoms with van der Waals surface area (Å²) >= 11 is 5.22. The normalized spacial score (nSPS) is 13.6. The predicted molar refractivity (Wildman–Crippen MR) is 62.1 cm³/mol. The van der Waals surface area contributed by atoms with Gasteiger partial charge in [-0.15, -0.1) is 11.3 Å². The van der Waals surface area contributed by atoms with Crippen LogP contribution in [0, 0.1) is 0 Å². The standard InChI is InChI=1S/C9H15BrN2S/c1-3-12(2)7(6-11)8-4-5-9(10)13-8/h4-5,7H,3,6,11H2,1-2H3. The van der Waals surface area contributed by atoms with Crippen molar-refractivity contribution in [1.29, 1.82) is 0 Å². The first-order valence-corrected chi connectivity index (χ1v) is 5.95. The number of rotatable bonds is 4. The molecular weight excluding hydrogens is 248 g/mol. The van der Waals surface area contributed by atoms with Gasteiger partial charge in [0.25, 0.3) is 0 Å². The Bertz CT molecular complexity index is 262. The molecule has 0 aliphatic rings. The Kier molecular flexibility index (Phi) is 4.38. The van der Waals surface area contributed by atoms with Crippen molar-refractivity contribution in [2.75, 3.05) is 20.1 Å². The third-order valence-corrected chi connectivity index (χ3v) is 3.90. The monoisotopic (exact) mass is 262 g/mol. The van der Waals surface area contributed by atoms with E-state index in [0.29, 0.717) is 12.6 Å². The van der Waals surface area contributed by atoms with E-state index in [9.17, 15) is 0 Å². The molecule has 2 nitrogen and oxygen atoms in total. The highest BCUT2D eigenvalue weighted by atomic mass is 79.9. The molecule has 0 spiro atoms. The summed E-state index contributed by atoms with van der Waals surface area (Å²) in [6.07, 6.45) is 0. The first kappa shape index (κ1) is 11.2. The van der Waals surface area contributed by atoms with Gasteiger partial charge in [-0.3, -0.25) is 4.90 Å². The molecule has 4 heteroatoms. The van der Waals surface area contributed by atoms with Gasteiger partial charge in [-0.1, -0.05) is 6.92 Å². The molecule has 1 aromatic rings. The molecule has 0 fully saturated rings. The first-order valence-electron chi connectivity index (χ1n) is 4.34. The maximum Gasteiger partial charge on any atom is 0.0702 e. The average molecular weight is 263 g/mol. The van der Waals surface area contributed by atoms with E-state index in [1.807, 2.05) is 0 Å². The fourth-order valence-corrected chi connectivity index (χ4v) is 2.84. The average Bonchev–Trinajstić information content (AvgIpc) is 2.53. The van der Waals surface area contributed by atoms with Crippen molar-refractivity contribution in [3.05, 3.63) is 20.8 Å². The lowest BCUT2D eigenvalue weighted by Crippen LogP contribution is -2.29. The molecule has 0 bridgehead atoms. The molecule has 13 heavy (non-hydrogen) atoms. The van der Waals surface area contributed by atoms with Crippen molar-refractivity contribution in [2.24, 2.45) is 5.73 Å². The summed E-state index contributed by atoms with van der Waals surface area (Å²) in [6.45, 7) is 3.85. The number of nitrogens with two attached hydrogens (primary N) is 1. The van der Waals surface area contributed by atoms with Crippen molar-refractivity contribution < 1.29 is 0 Å². The van der Waals surface area contributed by atoms with Crippen molar-refractivity contribution in [1.82, 2.24) is 4.90 Å². The van der Waals surface area contributed by atoms with Gasteiger partial charge < -0.3 is 5.73 Å².